The first-order valence-electron chi connectivity index (χ1n) is 8.89. The van der Waals surface area contributed by atoms with E-state index in [1.165, 1.54) is 42.7 Å². The third-order valence-electron chi connectivity index (χ3n) is 4.39. The number of carbonyl (C=O) groups is 1. The molecule has 1 amide bonds. The first-order valence-corrected chi connectivity index (χ1v) is 10.3. The third kappa shape index (κ3) is 5.77. The van der Waals surface area contributed by atoms with Gasteiger partial charge in [-0.05, 0) is 55.3 Å². The Morgan fingerprint density at radius 1 is 1.14 bits per heavy atom. The maximum atomic E-state index is 13.0. The number of methoxy groups -OCH3 is 1. The zero-order valence-corrected chi connectivity index (χ0v) is 17.0. The van der Waals surface area contributed by atoms with E-state index in [1.54, 1.807) is 24.3 Å². The number of benzene rings is 2. The summed E-state index contributed by atoms with van der Waals surface area (Å²) in [4.78, 5) is 12.3. The summed E-state index contributed by atoms with van der Waals surface area (Å²) in [6.45, 7) is 2.03. The van der Waals surface area contributed by atoms with Crippen LogP contribution in [0.4, 0.5) is 4.39 Å². The fraction of sp³-hybridized carbons (Fsp3) is 0.350. The normalized spacial score (nSPS) is 12.6. The molecule has 0 saturated carbocycles. The maximum absolute atomic E-state index is 13.0. The zero-order chi connectivity index (χ0) is 20.7. The van der Waals surface area contributed by atoms with Gasteiger partial charge in [-0.15, -0.1) is 0 Å². The van der Waals surface area contributed by atoms with Crippen LogP contribution in [0.2, 0.25) is 0 Å². The summed E-state index contributed by atoms with van der Waals surface area (Å²) in [5, 5.41) is 2.83. The minimum absolute atomic E-state index is 0.171. The highest BCUT2D eigenvalue weighted by atomic mass is 32.2. The fourth-order valence-electron chi connectivity index (χ4n) is 2.66. The van der Waals surface area contributed by atoms with E-state index in [-0.39, 0.29) is 35.6 Å². The van der Waals surface area contributed by atoms with E-state index in [2.05, 4.69) is 5.32 Å². The predicted molar refractivity (Wildman–Crippen MR) is 105 cm³/mol. The van der Waals surface area contributed by atoms with E-state index in [4.69, 9.17) is 4.74 Å². The van der Waals surface area contributed by atoms with E-state index >= 15 is 0 Å². The van der Waals surface area contributed by atoms with Crippen molar-refractivity contribution < 1.29 is 22.3 Å². The van der Waals surface area contributed by atoms with Crippen LogP contribution in [0.25, 0.3) is 0 Å². The number of ether oxygens (including phenoxy) is 1. The molecule has 0 aromatic heterocycles. The van der Waals surface area contributed by atoms with Gasteiger partial charge in [0.15, 0.2) is 0 Å². The molecule has 1 unspecified atom stereocenters. The molecule has 0 bridgehead atoms. The standard InChI is InChI=1S/C20H25FN2O4S/c1-15(16-6-8-17(21)9-7-16)22-20(24)5-4-14-23(2)28(25,26)19-12-10-18(27-3)11-13-19/h6-13,15H,4-5,14H2,1-3H3,(H,22,24). The molecule has 28 heavy (non-hydrogen) atoms. The Hall–Kier alpha value is -2.45. The molecule has 0 spiro atoms. The Morgan fingerprint density at radius 3 is 2.32 bits per heavy atom. The highest BCUT2D eigenvalue weighted by Crippen LogP contribution is 2.19. The molecule has 6 nitrogen and oxygen atoms in total. The van der Waals surface area contributed by atoms with Crippen LogP contribution < -0.4 is 10.1 Å². The lowest BCUT2D eigenvalue weighted by molar-refractivity contribution is -0.121. The van der Waals surface area contributed by atoms with Crippen LogP contribution in [0.3, 0.4) is 0 Å². The molecule has 0 aliphatic rings. The topological polar surface area (TPSA) is 75.7 Å². The molecular formula is C20H25FN2O4S. The Labute approximate surface area is 165 Å². The fourth-order valence-corrected chi connectivity index (χ4v) is 3.87. The molecule has 2 rings (SSSR count). The van der Waals surface area contributed by atoms with Gasteiger partial charge in [0.05, 0.1) is 18.0 Å². The van der Waals surface area contributed by atoms with Crippen molar-refractivity contribution in [3.8, 4) is 5.75 Å². The summed E-state index contributed by atoms with van der Waals surface area (Å²) in [6, 6.07) is 11.8. The lowest BCUT2D eigenvalue weighted by atomic mass is 10.1. The minimum atomic E-state index is -3.62. The van der Waals surface area contributed by atoms with Crippen molar-refractivity contribution in [3.63, 3.8) is 0 Å². The number of carbonyl (C=O) groups excluding carboxylic acids is 1. The molecule has 152 valence electrons. The molecule has 0 radical (unpaired) electrons. The molecule has 1 N–H and O–H groups in total. The highest BCUT2D eigenvalue weighted by molar-refractivity contribution is 7.89. The smallest absolute Gasteiger partial charge is 0.242 e. The monoisotopic (exact) mass is 408 g/mol. The average Bonchev–Trinajstić information content (AvgIpc) is 2.68. The van der Waals surface area contributed by atoms with Crippen molar-refractivity contribution >= 4 is 15.9 Å². The molecule has 2 aromatic carbocycles. The van der Waals surface area contributed by atoms with E-state index < -0.39 is 10.0 Å². The first kappa shape index (κ1) is 21.8. The van der Waals surface area contributed by atoms with Gasteiger partial charge in [0.2, 0.25) is 15.9 Å². The SMILES string of the molecule is COc1ccc(S(=O)(=O)N(C)CCCC(=O)NC(C)c2ccc(F)cc2)cc1. The molecule has 0 saturated heterocycles. The van der Waals surface area contributed by atoms with Gasteiger partial charge >= 0.3 is 0 Å². The van der Waals surface area contributed by atoms with Gasteiger partial charge < -0.3 is 10.1 Å². The number of hydrogen-bond donors (Lipinski definition) is 1. The van der Waals surface area contributed by atoms with E-state index in [0.717, 1.165) is 5.56 Å². The van der Waals surface area contributed by atoms with Crippen LogP contribution >= 0.6 is 0 Å². The number of nitrogens with zero attached hydrogens (tertiary/aromatic N) is 1. The Kier molecular flexibility index (Phi) is 7.53. The Bertz CT molecular complexity index is 883. The molecule has 1 atom stereocenters. The molecule has 2 aromatic rings. The van der Waals surface area contributed by atoms with E-state index in [1.807, 2.05) is 6.92 Å². The van der Waals surface area contributed by atoms with Gasteiger partial charge in [0, 0.05) is 20.0 Å². The minimum Gasteiger partial charge on any atom is -0.497 e. The summed E-state index contributed by atoms with van der Waals surface area (Å²) in [5.74, 6) is 0.0593. The largest absolute Gasteiger partial charge is 0.497 e. The van der Waals surface area contributed by atoms with Crippen molar-refractivity contribution in [2.24, 2.45) is 0 Å². The summed E-state index contributed by atoms with van der Waals surface area (Å²) in [7, 11) is -0.625. The summed E-state index contributed by atoms with van der Waals surface area (Å²) in [6.07, 6.45) is 0.571. The molecule has 0 fully saturated rings. The summed E-state index contributed by atoms with van der Waals surface area (Å²) >= 11 is 0. The molecule has 0 heterocycles. The Morgan fingerprint density at radius 2 is 1.75 bits per heavy atom. The van der Waals surface area contributed by atoms with Crippen LogP contribution in [0.1, 0.15) is 31.4 Å². The van der Waals surface area contributed by atoms with Gasteiger partial charge in [0.1, 0.15) is 11.6 Å². The second-order valence-electron chi connectivity index (χ2n) is 6.45. The molecule has 8 heteroatoms. The van der Waals surface area contributed by atoms with Crippen LogP contribution in [-0.2, 0) is 14.8 Å². The molecule has 0 aliphatic carbocycles. The Balaban J connectivity index is 1.83. The lowest BCUT2D eigenvalue weighted by Gasteiger charge is -2.18. The van der Waals surface area contributed by atoms with E-state index in [0.29, 0.717) is 12.2 Å². The second kappa shape index (κ2) is 9.66. The third-order valence-corrected chi connectivity index (χ3v) is 6.26. The number of hydrogen-bond acceptors (Lipinski definition) is 4. The van der Waals surface area contributed by atoms with Crippen molar-refractivity contribution in [1.29, 1.82) is 0 Å². The van der Waals surface area contributed by atoms with Crippen molar-refractivity contribution in [1.82, 2.24) is 9.62 Å². The van der Waals surface area contributed by atoms with Gasteiger partial charge in [-0.2, -0.15) is 0 Å². The predicted octanol–water partition coefficient (Wildman–Crippen LogP) is 3.11. The second-order valence-corrected chi connectivity index (χ2v) is 8.49. The van der Waals surface area contributed by atoms with Crippen LogP contribution in [-0.4, -0.2) is 39.3 Å². The van der Waals surface area contributed by atoms with E-state index in [9.17, 15) is 17.6 Å². The van der Waals surface area contributed by atoms with Crippen molar-refractivity contribution in [2.45, 2.75) is 30.7 Å². The first-order chi connectivity index (χ1) is 13.2. The number of rotatable bonds is 9. The quantitative estimate of drug-likeness (QED) is 0.692. The van der Waals surface area contributed by atoms with Crippen molar-refractivity contribution in [2.75, 3.05) is 20.7 Å². The lowest BCUT2D eigenvalue weighted by Crippen LogP contribution is -2.30. The number of halogens is 1. The molecular weight excluding hydrogens is 383 g/mol. The zero-order valence-electron chi connectivity index (χ0n) is 16.2. The van der Waals surface area contributed by atoms with Gasteiger partial charge in [-0.3, -0.25) is 4.79 Å². The molecule has 0 aliphatic heterocycles. The number of sulfonamides is 1. The maximum Gasteiger partial charge on any atom is 0.242 e. The van der Waals surface area contributed by atoms with Gasteiger partial charge in [-0.1, -0.05) is 12.1 Å². The van der Waals surface area contributed by atoms with Crippen LogP contribution in [0.5, 0.6) is 5.75 Å². The summed E-state index contributed by atoms with van der Waals surface area (Å²) in [5.41, 5.74) is 0.800. The number of nitrogens with one attached hydrogen (secondary N) is 1. The van der Waals surface area contributed by atoms with Crippen LogP contribution in [0.15, 0.2) is 53.4 Å². The highest BCUT2D eigenvalue weighted by Gasteiger charge is 2.20. The van der Waals surface area contributed by atoms with Crippen LogP contribution in [0, 0.1) is 5.82 Å². The summed E-state index contributed by atoms with van der Waals surface area (Å²) < 4.78 is 44.3. The van der Waals surface area contributed by atoms with Crippen molar-refractivity contribution in [3.05, 3.63) is 59.9 Å². The van der Waals surface area contributed by atoms with Gasteiger partial charge in [-0.25, -0.2) is 17.1 Å². The number of amides is 1. The van der Waals surface area contributed by atoms with Gasteiger partial charge in [0.25, 0.3) is 0 Å². The average molecular weight is 408 g/mol.